The van der Waals surface area contributed by atoms with Crippen LogP contribution in [0.4, 0.5) is 0 Å². The predicted octanol–water partition coefficient (Wildman–Crippen LogP) is 4.03. The first-order valence-electron chi connectivity index (χ1n) is 16.3. The summed E-state index contributed by atoms with van der Waals surface area (Å²) < 4.78 is 21.2. The van der Waals surface area contributed by atoms with Crippen LogP contribution < -0.4 is 9.95 Å². The molecule has 38 heavy (non-hydrogen) atoms. The molecule has 0 amide bonds. The van der Waals surface area contributed by atoms with Crippen LogP contribution in [0.5, 0.6) is 0 Å². The van der Waals surface area contributed by atoms with Crippen molar-refractivity contribution in [2.24, 2.45) is 0 Å². The van der Waals surface area contributed by atoms with E-state index in [1.807, 2.05) is 0 Å². The van der Waals surface area contributed by atoms with Crippen molar-refractivity contribution in [2.75, 3.05) is 85.6 Å². The summed E-state index contributed by atoms with van der Waals surface area (Å²) >= 11 is 0. The number of rotatable bonds is 6. The molecule has 0 atom stereocenters. The summed E-state index contributed by atoms with van der Waals surface area (Å²) in [6.45, 7) is 15.3. The standard InChI is InChI=1S/C26H56N9P3/c1-29-37(32-18-6-7-19-32,33-20-8-9-21-33)27-26-36(30-14-2-3-15-30,31-16-4-5-17-31)28-38(29,34-22-10-11-23-34)35-24-12-13-25-35/h26-28,37-38H,2-25H2,1H3. The van der Waals surface area contributed by atoms with Gasteiger partial charge in [0.1, 0.15) is 0 Å². The normalized spacial score (nSPS) is 36.1. The van der Waals surface area contributed by atoms with Crippen molar-refractivity contribution >= 4 is 29.0 Å². The summed E-state index contributed by atoms with van der Waals surface area (Å²) in [7, 11) is -3.99. The van der Waals surface area contributed by atoms with Crippen LogP contribution in [0.25, 0.3) is 0 Å². The van der Waals surface area contributed by atoms with E-state index < -0.39 is 23.1 Å². The molecule has 0 unspecified atom stereocenters. The van der Waals surface area contributed by atoms with Crippen molar-refractivity contribution in [2.45, 2.75) is 77.0 Å². The van der Waals surface area contributed by atoms with Crippen molar-refractivity contribution in [3.8, 4) is 0 Å². The molecule has 9 nitrogen and oxygen atoms in total. The number of nitrogens with zero attached hydrogens (tertiary/aromatic N) is 7. The van der Waals surface area contributed by atoms with E-state index in [2.05, 4.69) is 50.5 Å². The molecule has 7 heterocycles. The van der Waals surface area contributed by atoms with Crippen LogP contribution in [0.15, 0.2) is 0 Å². The van der Waals surface area contributed by atoms with Crippen molar-refractivity contribution in [3.05, 3.63) is 0 Å². The average Bonchev–Trinajstić information content (AvgIpc) is 3.78. The Morgan fingerprint density at radius 2 is 0.789 bits per heavy atom. The van der Waals surface area contributed by atoms with Gasteiger partial charge in [-0.05, 0) is 0 Å². The van der Waals surface area contributed by atoms with Crippen molar-refractivity contribution in [1.82, 2.24) is 42.4 Å². The van der Waals surface area contributed by atoms with Gasteiger partial charge >= 0.3 is 234 Å². The van der Waals surface area contributed by atoms with Crippen molar-refractivity contribution in [1.29, 1.82) is 0 Å². The molecule has 7 aliphatic rings. The molecule has 0 saturated carbocycles. The molecule has 0 aromatic rings. The van der Waals surface area contributed by atoms with E-state index in [4.69, 9.17) is 4.86 Å². The second-order valence-corrected chi connectivity index (χ2v) is 23.7. The molecule has 12 heteroatoms. The van der Waals surface area contributed by atoms with Crippen LogP contribution in [-0.2, 0) is 0 Å². The third-order valence-corrected chi connectivity index (χ3v) is 26.3. The Morgan fingerprint density at radius 3 is 1.16 bits per heavy atom. The Balaban J connectivity index is 1.46. The van der Waals surface area contributed by atoms with Gasteiger partial charge in [0, 0.05) is 0 Å². The molecule has 0 bridgehead atoms. The molecule has 0 aromatic carbocycles. The van der Waals surface area contributed by atoms with Gasteiger partial charge in [0.25, 0.3) is 0 Å². The van der Waals surface area contributed by atoms with E-state index in [0.29, 0.717) is 0 Å². The minimum absolute atomic E-state index is 1.27. The fourth-order valence-electron chi connectivity index (χ4n) is 9.00. The first kappa shape index (κ1) is 27.6. The molecule has 2 N–H and O–H groups in total. The van der Waals surface area contributed by atoms with Crippen LogP contribution in [0.2, 0.25) is 0 Å². The van der Waals surface area contributed by atoms with Gasteiger partial charge in [-0.15, -0.1) is 0 Å². The fraction of sp³-hybridized carbons (Fsp3) is 0.962. The molecule has 7 rings (SSSR count). The first-order chi connectivity index (χ1) is 18.7. The van der Waals surface area contributed by atoms with E-state index >= 15 is 0 Å². The van der Waals surface area contributed by atoms with Crippen LogP contribution in [-0.4, -0.2) is 124 Å². The van der Waals surface area contributed by atoms with Gasteiger partial charge in [0.05, 0.1) is 0 Å². The monoisotopic (exact) mass is 587 g/mol. The maximum absolute atomic E-state index is 4.91. The Kier molecular flexibility index (Phi) is 8.34. The first-order valence-corrected chi connectivity index (χ1v) is 21.7. The SMILES string of the molecule is CN1[PH](N2CCCC2)(N2CCCC2)NC=P(N2CCCC2)(N2CCCC2)N[PH]1(N1CCCC1)N1CCCC1. The second kappa shape index (κ2) is 11.5. The Labute approximate surface area is 233 Å². The summed E-state index contributed by atoms with van der Waals surface area (Å²) in [5.41, 5.74) is 0. The zero-order valence-corrected chi connectivity index (χ0v) is 27.0. The molecular weight excluding hydrogens is 531 g/mol. The Hall–Kier alpha value is 0.800. The zero-order chi connectivity index (χ0) is 25.6. The number of nitrogens with one attached hydrogen (secondary N) is 2. The zero-order valence-electron chi connectivity index (χ0n) is 24.1. The summed E-state index contributed by atoms with van der Waals surface area (Å²) in [6, 6.07) is 0. The number of hydrogen-bond donors (Lipinski definition) is 2. The van der Waals surface area contributed by atoms with Crippen molar-refractivity contribution in [3.63, 3.8) is 0 Å². The quantitative estimate of drug-likeness (QED) is 0.449. The second-order valence-electron chi connectivity index (χ2n) is 13.0. The Bertz CT molecular complexity index is 817. The summed E-state index contributed by atoms with van der Waals surface area (Å²) in [4.78, 5) is 4.91. The van der Waals surface area contributed by atoms with Crippen molar-refractivity contribution < 1.29 is 0 Å². The van der Waals surface area contributed by atoms with Crippen LogP contribution in [0, 0.1) is 0 Å². The molecule has 7 aliphatic heterocycles. The topological polar surface area (TPSA) is 46.7 Å². The van der Waals surface area contributed by atoms with Gasteiger partial charge in [-0.25, -0.2) is 0 Å². The van der Waals surface area contributed by atoms with Gasteiger partial charge in [0.15, 0.2) is 0 Å². The summed E-state index contributed by atoms with van der Waals surface area (Å²) in [5, 5.41) is 4.55. The molecule has 0 spiro atoms. The number of hydrogen-bond acceptors (Lipinski definition) is 9. The maximum atomic E-state index is 4.91. The third-order valence-electron chi connectivity index (χ3n) is 10.9. The molecule has 6 fully saturated rings. The Morgan fingerprint density at radius 1 is 0.474 bits per heavy atom. The van der Waals surface area contributed by atoms with E-state index in [1.54, 1.807) is 0 Å². The van der Waals surface area contributed by atoms with Gasteiger partial charge in [0.2, 0.25) is 0 Å². The molecule has 0 radical (unpaired) electrons. The van der Waals surface area contributed by atoms with E-state index in [0.717, 1.165) is 0 Å². The van der Waals surface area contributed by atoms with Gasteiger partial charge in [-0.3, -0.25) is 0 Å². The van der Waals surface area contributed by atoms with E-state index in [-0.39, 0.29) is 0 Å². The minimum atomic E-state index is -2.41. The van der Waals surface area contributed by atoms with Crippen LogP contribution >= 0.6 is 23.1 Å². The van der Waals surface area contributed by atoms with E-state index in [9.17, 15) is 0 Å². The molecule has 220 valence electrons. The van der Waals surface area contributed by atoms with Crippen LogP contribution in [0.3, 0.4) is 0 Å². The summed E-state index contributed by atoms with van der Waals surface area (Å²) in [6.07, 6.45) is 16.4. The molecule has 0 aliphatic carbocycles. The average molecular weight is 588 g/mol. The van der Waals surface area contributed by atoms with Crippen LogP contribution in [0.1, 0.15) is 77.0 Å². The molecular formula is C26H56N9P3. The third kappa shape index (κ3) is 4.38. The molecule has 6 saturated heterocycles. The fourth-order valence-corrected chi connectivity index (χ4v) is 28.7. The summed E-state index contributed by atoms with van der Waals surface area (Å²) in [5.74, 6) is 2.78. The van der Waals surface area contributed by atoms with Gasteiger partial charge in [-0.1, -0.05) is 0 Å². The van der Waals surface area contributed by atoms with Gasteiger partial charge < -0.3 is 0 Å². The molecule has 0 aromatic heterocycles. The van der Waals surface area contributed by atoms with Gasteiger partial charge in [-0.2, -0.15) is 0 Å². The predicted molar refractivity (Wildman–Crippen MR) is 168 cm³/mol. The van der Waals surface area contributed by atoms with E-state index in [1.165, 1.54) is 156 Å².